The Morgan fingerprint density at radius 1 is 1.30 bits per heavy atom. The highest BCUT2D eigenvalue weighted by Gasteiger charge is 2.38. The number of halogens is 1. The molecule has 6 nitrogen and oxygen atoms in total. The topological polar surface area (TPSA) is 103 Å². The normalized spacial score (nSPS) is 22.5. The van der Waals surface area contributed by atoms with E-state index in [1.165, 1.54) is 19.3 Å². The average Bonchev–Trinajstić information content (AvgIpc) is 2.35. The summed E-state index contributed by atoms with van der Waals surface area (Å²) in [6.07, 6.45) is 5.10. The highest BCUT2D eigenvalue weighted by Crippen LogP contribution is 2.30. The zero-order chi connectivity index (χ0) is 13.7. The fourth-order valence-electron chi connectivity index (χ4n) is 2.48. The predicted molar refractivity (Wildman–Crippen MR) is 88.9 cm³/mol. The third-order valence-electron chi connectivity index (χ3n) is 4.32. The summed E-state index contributed by atoms with van der Waals surface area (Å²) in [5, 5.41) is 3.12. The lowest BCUT2D eigenvalue weighted by atomic mass is 9.79. The van der Waals surface area contributed by atoms with Crippen LogP contribution < -0.4 is 16.8 Å². The number of hydrogen-bond acceptors (Lipinski definition) is 3. The molecule has 1 aliphatic carbocycles. The van der Waals surface area contributed by atoms with Gasteiger partial charge in [0.05, 0.1) is 12.0 Å². The van der Waals surface area contributed by atoms with Gasteiger partial charge in [-0.25, -0.2) is 0 Å². The molecule has 1 aliphatic heterocycles. The van der Waals surface area contributed by atoms with Crippen molar-refractivity contribution in [1.82, 2.24) is 5.32 Å². The fraction of sp³-hybridized carbons (Fsp3) is 0.846. The lowest BCUT2D eigenvalue weighted by Gasteiger charge is -2.32. The highest BCUT2D eigenvalue weighted by atomic mass is 127. The molecule has 1 saturated heterocycles. The maximum absolute atomic E-state index is 11.6. The van der Waals surface area contributed by atoms with Gasteiger partial charge >= 0.3 is 0 Å². The zero-order valence-corrected chi connectivity index (χ0v) is 14.1. The molecule has 2 aliphatic rings. The number of nitrogens with one attached hydrogen (secondary N) is 1. The third-order valence-corrected chi connectivity index (χ3v) is 4.32. The van der Waals surface area contributed by atoms with Gasteiger partial charge in [0.25, 0.3) is 0 Å². The molecule has 0 aromatic heterocycles. The first-order chi connectivity index (χ1) is 9.12. The minimum Gasteiger partial charge on any atom is -0.381 e. The number of nitrogens with zero attached hydrogens (tertiary/aromatic N) is 1. The van der Waals surface area contributed by atoms with E-state index in [4.69, 9.17) is 16.2 Å². The fourth-order valence-corrected chi connectivity index (χ4v) is 2.48. The molecule has 5 N–H and O–H groups in total. The number of hydrogen-bond donors (Lipinski definition) is 3. The number of carbonyl (C=O) groups is 1. The Labute approximate surface area is 137 Å². The lowest BCUT2D eigenvalue weighted by molar-refractivity contribution is -0.132. The Hall–Kier alpha value is -0.570. The molecule has 7 heteroatoms. The van der Waals surface area contributed by atoms with Crippen LogP contribution in [0.25, 0.3) is 0 Å². The van der Waals surface area contributed by atoms with Crippen LogP contribution in [-0.2, 0) is 9.53 Å². The van der Waals surface area contributed by atoms with Crippen molar-refractivity contribution in [3.63, 3.8) is 0 Å². The van der Waals surface area contributed by atoms with Gasteiger partial charge < -0.3 is 21.5 Å². The van der Waals surface area contributed by atoms with E-state index in [1.54, 1.807) is 0 Å². The summed E-state index contributed by atoms with van der Waals surface area (Å²) in [5.41, 5.74) is 10.8. The van der Waals surface area contributed by atoms with Gasteiger partial charge in [0.15, 0.2) is 5.96 Å². The van der Waals surface area contributed by atoms with Gasteiger partial charge in [-0.05, 0) is 31.6 Å². The number of guanidine groups is 1. The summed E-state index contributed by atoms with van der Waals surface area (Å²) < 4.78 is 5.28. The molecular weight excluding hydrogens is 371 g/mol. The van der Waals surface area contributed by atoms with Gasteiger partial charge in [0, 0.05) is 19.8 Å². The van der Waals surface area contributed by atoms with Crippen molar-refractivity contribution in [2.75, 3.05) is 26.3 Å². The van der Waals surface area contributed by atoms with Crippen molar-refractivity contribution in [1.29, 1.82) is 0 Å². The Morgan fingerprint density at radius 2 is 1.95 bits per heavy atom. The minimum absolute atomic E-state index is 0. The molecule has 0 aromatic rings. The molecule has 0 spiro atoms. The van der Waals surface area contributed by atoms with Crippen molar-refractivity contribution in [3.05, 3.63) is 0 Å². The molecule has 0 radical (unpaired) electrons. The second-order valence-electron chi connectivity index (χ2n) is 5.64. The standard InChI is InChI=1S/C13H24N4O2.HI/c14-11(18)13(4-6-19-7-5-13)9-17-12(15)16-8-10-2-1-3-10;/h10H,1-9H2,(H2,14,18)(H3,15,16,17);1H. The number of rotatable bonds is 5. The molecule has 2 fully saturated rings. The molecule has 2 rings (SSSR count). The van der Waals surface area contributed by atoms with Gasteiger partial charge in [-0.3, -0.25) is 9.79 Å². The SMILES string of the molecule is I.NC(=O)C1(CN=C(N)NCC2CCC2)CCOCC1. The number of primary amides is 1. The Morgan fingerprint density at radius 3 is 2.45 bits per heavy atom. The maximum Gasteiger partial charge on any atom is 0.225 e. The Kier molecular flexibility index (Phi) is 7.01. The van der Waals surface area contributed by atoms with Crippen LogP contribution in [0.3, 0.4) is 0 Å². The molecule has 0 bridgehead atoms. The molecule has 0 atom stereocenters. The van der Waals surface area contributed by atoms with Crippen molar-refractivity contribution < 1.29 is 9.53 Å². The van der Waals surface area contributed by atoms with E-state index in [9.17, 15) is 4.79 Å². The minimum atomic E-state index is -0.582. The number of nitrogens with two attached hydrogens (primary N) is 2. The van der Waals surface area contributed by atoms with Crippen LogP contribution in [0.1, 0.15) is 32.1 Å². The predicted octanol–water partition coefficient (Wildman–Crippen LogP) is 0.591. The molecule has 1 heterocycles. The molecule has 0 aromatic carbocycles. The van der Waals surface area contributed by atoms with Gasteiger partial charge in [-0.15, -0.1) is 24.0 Å². The van der Waals surface area contributed by atoms with E-state index in [1.807, 2.05) is 0 Å². The van der Waals surface area contributed by atoms with Crippen LogP contribution >= 0.6 is 24.0 Å². The largest absolute Gasteiger partial charge is 0.381 e. The van der Waals surface area contributed by atoms with E-state index in [0.717, 1.165) is 12.5 Å². The first kappa shape index (κ1) is 17.5. The van der Waals surface area contributed by atoms with Crippen LogP contribution in [0.4, 0.5) is 0 Å². The average molecular weight is 396 g/mol. The molecule has 1 amide bonds. The van der Waals surface area contributed by atoms with Gasteiger partial charge in [0.1, 0.15) is 0 Å². The summed E-state index contributed by atoms with van der Waals surface area (Å²) in [6.45, 7) is 2.36. The smallest absolute Gasteiger partial charge is 0.225 e. The molecule has 0 unspecified atom stereocenters. The number of aliphatic imine (C=N–C) groups is 1. The van der Waals surface area contributed by atoms with Crippen molar-refractivity contribution >= 4 is 35.8 Å². The second-order valence-corrected chi connectivity index (χ2v) is 5.64. The van der Waals surface area contributed by atoms with Gasteiger partial charge in [-0.1, -0.05) is 6.42 Å². The first-order valence-electron chi connectivity index (χ1n) is 7.04. The van der Waals surface area contributed by atoms with Crippen LogP contribution in [0.15, 0.2) is 4.99 Å². The van der Waals surface area contributed by atoms with E-state index in [2.05, 4.69) is 10.3 Å². The maximum atomic E-state index is 11.6. The van der Waals surface area contributed by atoms with E-state index in [0.29, 0.717) is 38.6 Å². The third kappa shape index (κ3) is 4.47. The van der Waals surface area contributed by atoms with E-state index >= 15 is 0 Å². The van der Waals surface area contributed by atoms with Crippen molar-refractivity contribution in [3.8, 4) is 0 Å². The summed E-state index contributed by atoms with van der Waals surface area (Å²) in [4.78, 5) is 15.9. The monoisotopic (exact) mass is 396 g/mol. The highest BCUT2D eigenvalue weighted by molar-refractivity contribution is 14.0. The van der Waals surface area contributed by atoms with Crippen LogP contribution in [0.2, 0.25) is 0 Å². The molecule has 116 valence electrons. The Bertz CT molecular complexity index is 352. The molecule has 20 heavy (non-hydrogen) atoms. The number of ether oxygens (including phenoxy) is 1. The van der Waals surface area contributed by atoms with E-state index < -0.39 is 5.41 Å². The Balaban J connectivity index is 0.00000200. The number of carbonyl (C=O) groups excluding carboxylic acids is 1. The second kappa shape index (κ2) is 8.02. The number of amides is 1. The van der Waals surface area contributed by atoms with Crippen LogP contribution in [-0.4, -0.2) is 38.2 Å². The van der Waals surface area contributed by atoms with Crippen molar-refractivity contribution in [2.24, 2.45) is 27.8 Å². The lowest BCUT2D eigenvalue weighted by Crippen LogP contribution is -2.45. The van der Waals surface area contributed by atoms with Crippen LogP contribution in [0, 0.1) is 11.3 Å². The van der Waals surface area contributed by atoms with Gasteiger partial charge in [0.2, 0.25) is 5.91 Å². The van der Waals surface area contributed by atoms with E-state index in [-0.39, 0.29) is 29.9 Å². The quantitative estimate of drug-likeness (QED) is 0.360. The van der Waals surface area contributed by atoms with Crippen LogP contribution in [0.5, 0.6) is 0 Å². The summed E-state index contributed by atoms with van der Waals surface area (Å²) in [7, 11) is 0. The summed E-state index contributed by atoms with van der Waals surface area (Å²) >= 11 is 0. The summed E-state index contributed by atoms with van der Waals surface area (Å²) in [5.74, 6) is 0.840. The summed E-state index contributed by atoms with van der Waals surface area (Å²) in [6, 6.07) is 0. The zero-order valence-electron chi connectivity index (χ0n) is 11.8. The molecule has 1 saturated carbocycles. The first-order valence-corrected chi connectivity index (χ1v) is 7.04. The molecular formula is C13H25IN4O2. The van der Waals surface area contributed by atoms with Crippen molar-refractivity contribution in [2.45, 2.75) is 32.1 Å². The van der Waals surface area contributed by atoms with Gasteiger partial charge in [-0.2, -0.15) is 0 Å².